The minimum absolute atomic E-state index is 0.731. The number of hydrogen-bond acceptors (Lipinski definition) is 3. The first-order valence-corrected chi connectivity index (χ1v) is 7.10. The summed E-state index contributed by atoms with van der Waals surface area (Å²) in [5, 5.41) is 6.93. The van der Waals surface area contributed by atoms with Crippen molar-refractivity contribution in [3.8, 4) is 11.3 Å². The number of aromatic nitrogens is 1. The standard InChI is InChI=1S/C15H11ClN2S/c16-12-6-8-13(9-7-12)17-15-18-14(10-19-15)11-4-2-1-3-5-11/h1-10H,(H,17,18). The molecule has 0 fully saturated rings. The van der Waals surface area contributed by atoms with Gasteiger partial charge in [-0.25, -0.2) is 4.98 Å². The summed E-state index contributed by atoms with van der Waals surface area (Å²) in [6, 6.07) is 17.7. The fraction of sp³-hybridized carbons (Fsp3) is 0. The molecule has 0 saturated heterocycles. The number of nitrogens with zero attached hydrogens (tertiary/aromatic N) is 1. The number of halogens is 1. The normalized spacial score (nSPS) is 10.4. The molecule has 3 aromatic rings. The fourth-order valence-corrected chi connectivity index (χ4v) is 2.60. The van der Waals surface area contributed by atoms with Crippen molar-refractivity contribution in [1.29, 1.82) is 0 Å². The average Bonchev–Trinajstić information content (AvgIpc) is 2.91. The second-order valence-corrected chi connectivity index (χ2v) is 5.33. The molecular weight excluding hydrogens is 276 g/mol. The molecule has 0 bridgehead atoms. The zero-order chi connectivity index (χ0) is 13.1. The Morgan fingerprint density at radius 2 is 1.68 bits per heavy atom. The molecule has 0 unspecified atom stereocenters. The number of nitrogens with one attached hydrogen (secondary N) is 1. The van der Waals surface area contributed by atoms with E-state index in [9.17, 15) is 0 Å². The van der Waals surface area contributed by atoms with Crippen LogP contribution in [0.1, 0.15) is 0 Å². The first-order valence-electron chi connectivity index (χ1n) is 5.85. The first-order chi connectivity index (χ1) is 9.31. The third-order valence-corrected chi connectivity index (χ3v) is 3.68. The second-order valence-electron chi connectivity index (χ2n) is 4.04. The van der Waals surface area contributed by atoms with Crippen molar-refractivity contribution >= 4 is 33.8 Å². The van der Waals surface area contributed by atoms with E-state index in [2.05, 4.69) is 22.4 Å². The summed E-state index contributed by atoms with van der Waals surface area (Å²) < 4.78 is 0. The number of anilines is 2. The summed E-state index contributed by atoms with van der Waals surface area (Å²) in [5.74, 6) is 0. The summed E-state index contributed by atoms with van der Waals surface area (Å²) in [7, 11) is 0. The molecule has 19 heavy (non-hydrogen) atoms. The van der Waals surface area contributed by atoms with E-state index in [1.165, 1.54) is 0 Å². The predicted molar refractivity (Wildman–Crippen MR) is 82.3 cm³/mol. The molecule has 4 heteroatoms. The van der Waals surface area contributed by atoms with Gasteiger partial charge in [-0.15, -0.1) is 11.3 Å². The highest BCUT2D eigenvalue weighted by Gasteiger charge is 2.04. The SMILES string of the molecule is Clc1ccc(Nc2nc(-c3ccccc3)cs2)cc1. The molecule has 0 aliphatic carbocycles. The van der Waals surface area contributed by atoms with Gasteiger partial charge in [0.15, 0.2) is 5.13 Å². The summed E-state index contributed by atoms with van der Waals surface area (Å²) >= 11 is 7.45. The minimum atomic E-state index is 0.731. The zero-order valence-corrected chi connectivity index (χ0v) is 11.6. The van der Waals surface area contributed by atoms with E-state index in [0.29, 0.717) is 0 Å². The predicted octanol–water partition coefficient (Wildman–Crippen LogP) is 5.21. The van der Waals surface area contributed by atoms with Crippen LogP contribution in [0.3, 0.4) is 0 Å². The van der Waals surface area contributed by atoms with Crippen molar-refractivity contribution in [2.45, 2.75) is 0 Å². The van der Waals surface area contributed by atoms with E-state index in [4.69, 9.17) is 11.6 Å². The maximum atomic E-state index is 5.86. The van der Waals surface area contributed by atoms with Gasteiger partial charge in [-0.2, -0.15) is 0 Å². The van der Waals surface area contributed by atoms with E-state index in [-0.39, 0.29) is 0 Å². The van der Waals surface area contributed by atoms with Gasteiger partial charge in [0, 0.05) is 21.7 Å². The summed E-state index contributed by atoms with van der Waals surface area (Å²) in [4.78, 5) is 4.57. The lowest BCUT2D eigenvalue weighted by Crippen LogP contribution is -1.88. The van der Waals surface area contributed by atoms with Crippen molar-refractivity contribution < 1.29 is 0 Å². The van der Waals surface area contributed by atoms with Crippen LogP contribution in [0.5, 0.6) is 0 Å². The van der Waals surface area contributed by atoms with E-state index < -0.39 is 0 Å². The molecule has 1 aromatic heterocycles. The van der Waals surface area contributed by atoms with Crippen molar-refractivity contribution in [2.24, 2.45) is 0 Å². The zero-order valence-electron chi connectivity index (χ0n) is 10.0. The summed E-state index contributed by atoms with van der Waals surface area (Å²) in [6.07, 6.45) is 0. The van der Waals surface area contributed by atoms with Crippen LogP contribution in [-0.2, 0) is 0 Å². The van der Waals surface area contributed by atoms with Gasteiger partial charge in [-0.05, 0) is 24.3 Å². The van der Waals surface area contributed by atoms with Crippen LogP contribution in [0.4, 0.5) is 10.8 Å². The summed E-state index contributed by atoms with van der Waals surface area (Å²) in [5.41, 5.74) is 3.10. The molecule has 0 spiro atoms. The van der Waals surface area contributed by atoms with Crippen molar-refractivity contribution in [2.75, 3.05) is 5.32 Å². The Morgan fingerprint density at radius 3 is 2.42 bits per heavy atom. The lowest BCUT2D eigenvalue weighted by atomic mass is 10.2. The Bertz CT molecular complexity index is 662. The third-order valence-electron chi connectivity index (χ3n) is 2.67. The smallest absolute Gasteiger partial charge is 0.187 e. The van der Waals surface area contributed by atoms with Crippen LogP contribution in [0.15, 0.2) is 60.0 Å². The molecule has 2 aromatic carbocycles. The number of benzene rings is 2. The van der Waals surface area contributed by atoms with E-state index >= 15 is 0 Å². The van der Waals surface area contributed by atoms with E-state index in [1.807, 2.05) is 47.8 Å². The topological polar surface area (TPSA) is 24.9 Å². The van der Waals surface area contributed by atoms with Crippen LogP contribution in [-0.4, -0.2) is 4.98 Å². The summed E-state index contributed by atoms with van der Waals surface area (Å²) in [6.45, 7) is 0. The molecule has 0 atom stereocenters. The Hall–Kier alpha value is -1.84. The lowest BCUT2D eigenvalue weighted by molar-refractivity contribution is 1.38. The quantitative estimate of drug-likeness (QED) is 0.715. The van der Waals surface area contributed by atoms with Crippen LogP contribution in [0.25, 0.3) is 11.3 Å². The third kappa shape index (κ3) is 2.95. The molecule has 1 heterocycles. The Balaban J connectivity index is 1.80. The molecule has 0 aliphatic heterocycles. The molecule has 0 saturated carbocycles. The molecule has 3 rings (SSSR count). The largest absolute Gasteiger partial charge is 0.332 e. The highest BCUT2D eigenvalue weighted by atomic mass is 35.5. The maximum absolute atomic E-state index is 5.86. The van der Waals surface area contributed by atoms with Gasteiger partial charge >= 0.3 is 0 Å². The molecule has 0 amide bonds. The molecule has 94 valence electrons. The van der Waals surface area contributed by atoms with E-state index in [0.717, 1.165) is 27.1 Å². The highest BCUT2D eigenvalue weighted by molar-refractivity contribution is 7.14. The van der Waals surface area contributed by atoms with Crippen molar-refractivity contribution in [3.05, 3.63) is 65.0 Å². The van der Waals surface area contributed by atoms with Gasteiger partial charge in [-0.3, -0.25) is 0 Å². The van der Waals surface area contributed by atoms with Crippen LogP contribution in [0, 0.1) is 0 Å². The van der Waals surface area contributed by atoms with Crippen molar-refractivity contribution in [3.63, 3.8) is 0 Å². The van der Waals surface area contributed by atoms with Gasteiger partial charge in [0.05, 0.1) is 5.69 Å². The highest BCUT2D eigenvalue weighted by Crippen LogP contribution is 2.27. The Kier molecular flexibility index (Phi) is 3.49. The molecule has 0 aliphatic rings. The van der Waals surface area contributed by atoms with Crippen LogP contribution < -0.4 is 5.32 Å². The maximum Gasteiger partial charge on any atom is 0.187 e. The number of rotatable bonds is 3. The number of hydrogen-bond donors (Lipinski definition) is 1. The van der Waals surface area contributed by atoms with Crippen LogP contribution in [0.2, 0.25) is 5.02 Å². The molecule has 1 N–H and O–H groups in total. The van der Waals surface area contributed by atoms with Gasteiger partial charge in [0.25, 0.3) is 0 Å². The van der Waals surface area contributed by atoms with Crippen molar-refractivity contribution in [1.82, 2.24) is 4.98 Å². The van der Waals surface area contributed by atoms with Gasteiger partial charge < -0.3 is 5.32 Å². The molecule has 2 nitrogen and oxygen atoms in total. The van der Waals surface area contributed by atoms with Gasteiger partial charge in [0.2, 0.25) is 0 Å². The fourth-order valence-electron chi connectivity index (χ4n) is 1.73. The second kappa shape index (κ2) is 5.43. The van der Waals surface area contributed by atoms with Gasteiger partial charge in [-0.1, -0.05) is 41.9 Å². The number of thiazole rings is 1. The average molecular weight is 287 g/mol. The Labute approximate surface area is 120 Å². The minimum Gasteiger partial charge on any atom is -0.332 e. The molecule has 0 radical (unpaired) electrons. The molecular formula is C15H11ClN2S. The first kappa shape index (κ1) is 12.2. The van der Waals surface area contributed by atoms with E-state index in [1.54, 1.807) is 11.3 Å². The van der Waals surface area contributed by atoms with Gasteiger partial charge in [0.1, 0.15) is 0 Å². The monoisotopic (exact) mass is 286 g/mol. The Morgan fingerprint density at radius 1 is 0.947 bits per heavy atom. The lowest BCUT2D eigenvalue weighted by Gasteiger charge is -2.01. The van der Waals surface area contributed by atoms with Crippen LogP contribution >= 0.6 is 22.9 Å².